The lowest BCUT2D eigenvalue weighted by molar-refractivity contribution is 0.104. The van der Waals surface area contributed by atoms with E-state index in [0.717, 1.165) is 11.3 Å². The highest BCUT2D eigenvalue weighted by Gasteiger charge is 2.16. The van der Waals surface area contributed by atoms with Crippen molar-refractivity contribution in [1.82, 2.24) is 4.98 Å². The zero-order valence-corrected chi connectivity index (χ0v) is 13.3. The Morgan fingerprint density at radius 3 is 2.78 bits per heavy atom. The third-order valence-electron chi connectivity index (χ3n) is 3.12. The average Bonchev–Trinajstić information content (AvgIpc) is 3.00. The summed E-state index contributed by atoms with van der Waals surface area (Å²) in [4.78, 5) is 16.9. The lowest BCUT2D eigenvalue weighted by Crippen LogP contribution is -1.99. The van der Waals surface area contributed by atoms with E-state index in [4.69, 9.17) is 17.3 Å². The number of nitrogen functional groups attached to an aromatic ring is 1. The number of carbonyl (C=O) groups excluding carboxylic acids is 1. The molecule has 1 aromatic heterocycles. The minimum absolute atomic E-state index is 0.0407. The van der Waals surface area contributed by atoms with E-state index in [-0.39, 0.29) is 17.2 Å². The summed E-state index contributed by atoms with van der Waals surface area (Å²) in [6, 6.07) is 11.4. The Bertz CT molecular complexity index is 881. The molecule has 0 aliphatic carbocycles. The summed E-state index contributed by atoms with van der Waals surface area (Å²) in [7, 11) is 0. The first kappa shape index (κ1) is 15.5. The highest BCUT2D eigenvalue weighted by Crippen LogP contribution is 2.28. The number of aromatic nitrogens is 1. The zero-order valence-electron chi connectivity index (χ0n) is 11.7. The Balaban J connectivity index is 1.85. The summed E-state index contributed by atoms with van der Waals surface area (Å²) in [5.74, 6) is -0.782. The van der Waals surface area contributed by atoms with Gasteiger partial charge in [0, 0.05) is 5.56 Å². The highest BCUT2D eigenvalue weighted by atomic mass is 35.5. The second-order valence-electron chi connectivity index (χ2n) is 4.67. The fourth-order valence-corrected chi connectivity index (χ4v) is 2.98. The number of halogens is 2. The SMILES string of the molecule is Nc1cccc(Nc2ncc(C(=O)c3ccccc3Cl)s2)c1F. The summed E-state index contributed by atoms with van der Waals surface area (Å²) in [6.45, 7) is 0. The van der Waals surface area contributed by atoms with Crippen molar-refractivity contribution in [2.24, 2.45) is 0 Å². The van der Waals surface area contributed by atoms with Gasteiger partial charge in [0.05, 0.1) is 27.5 Å². The van der Waals surface area contributed by atoms with Crippen LogP contribution in [-0.4, -0.2) is 10.8 Å². The molecule has 1 heterocycles. The van der Waals surface area contributed by atoms with Crippen LogP contribution in [-0.2, 0) is 0 Å². The molecule has 0 aliphatic heterocycles. The Morgan fingerprint density at radius 2 is 2.00 bits per heavy atom. The number of ketones is 1. The molecule has 0 amide bonds. The van der Waals surface area contributed by atoms with Crippen LogP contribution < -0.4 is 11.1 Å². The van der Waals surface area contributed by atoms with Crippen molar-refractivity contribution in [3.8, 4) is 0 Å². The topological polar surface area (TPSA) is 68.0 Å². The third kappa shape index (κ3) is 3.18. The summed E-state index contributed by atoms with van der Waals surface area (Å²) in [5, 5.41) is 3.59. The van der Waals surface area contributed by atoms with Gasteiger partial charge in [0.2, 0.25) is 5.78 Å². The maximum atomic E-state index is 13.9. The molecule has 7 heteroatoms. The third-order valence-corrected chi connectivity index (χ3v) is 4.36. The number of nitrogens with two attached hydrogens (primary N) is 1. The fraction of sp³-hybridized carbons (Fsp3) is 0. The minimum Gasteiger partial charge on any atom is -0.396 e. The van der Waals surface area contributed by atoms with Gasteiger partial charge in [-0.1, -0.05) is 41.1 Å². The quantitative estimate of drug-likeness (QED) is 0.539. The molecule has 0 saturated carbocycles. The van der Waals surface area contributed by atoms with Crippen LogP contribution >= 0.6 is 22.9 Å². The molecule has 23 heavy (non-hydrogen) atoms. The lowest BCUT2D eigenvalue weighted by Gasteiger charge is -2.05. The summed E-state index contributed by atoms with van der Waals surface area (Å²) in [5.41, 5.74) is 6.17. The van der Waals surface area contributed by atoms with Gasteiger partial charge in [0.1, 0.15) is 0 Å². The summed E-state index contributed by atoms with van der Waals surface area (Å²) >= 11 is 7.14. The largest absolute Gasteiger partial charge is 0.396 e. The van der Waals surface area contributed by atoms with Crippen LogP contribution in [0.3, 0.4) is 0 Å². The number of benzene rings is 2. The van der Waals surface area contributed by atoms with Crippen LogP contribution in [0.4, 0.5) is 20.9 Å². The molecule has 0 aliphatic rings. The molecule has 2 aromatic carbocycles. The molecule has 3 N–H and O–H groups in total. The molecule has 3 rings (SSSR count). The zero-order chi connectivity index (χ0) is 16.4. The van der Waals surface area contributed by atoms with Crippen LogP contribution in [0.5, 0.6) is 0 Å². The first-order valence-corrected chi connectivity index (χ1v) is 7.82. The lowest BCUT2D eigenvalue weighted by atomic mass is 10.1. The van der Waals surface area contributed by atoms with Gasteiger partial charge < -0.3 is 11.1 Å². The Kier molecular flexibility index (Phi) is 4.27. The van der Waals surface area contributed by atoms with Crippen molar-refractivity contribution >= 4 is 45.2 Å². The molecular formula is C16H11ClFN3OS. The van der Waals surface area contributed by atoms with E-state index >= 15 is 0 Å². The molecule has 0 bridgehead atoms. The predicted octanol–water partition coefficient (Wildman–Crippen LogP) is 4.49. The van der Waals surface area contributed by atoms with Crippen molar-refractivity contribution in [2.45, 2.75) is 0 Å². The second-order valence-corrected chi connectivity index (χ2v) is 6.11. The average molecular weight is 348 g/mol. The predicted molar refractivity (Wildman–Crippen MR) is 91.1 cm³/mol. The van der Waals surface area contributed by atoms with Gasteiger partial charge in [0.15, 0.2) is 10.9 Å². The van der Waals surface area contributed by atoms with E-state index in [0.29, 0.717) is 20.6 Å². The van der Waals surface area contributed by atoms with Crippen molar-refractivity contribution in [3.63, 3.8) is 0 Å². The van der Waals surface area contributed by atoms with E-state index in [1.165, 1.54) is 12.3 Å². The molecule has 0 fully saturated rings. The van der Waals surface area contributed by atoms with Crippen molar-refractivity contribution in [1.29, 1.82) is 0 Å². The maximum absolute atomic E-state index is 13.9. The van der Waals surface area contributed by atoms with Gasteiger partial charge in [-0.15, -0.1) is 0 Å². The first-order chi connectivity index (χ1) is 11.1. The molecule has 0 unspecified atom stereocenters. The Morgan fingerprint density at radius 1 is 1.22 bits per heavy atom. The van der Waals surface area contributed by atoms with Crippen molar-refractivity contribution < 1.29 is 9.18 Å². The van der Waals surface area contributed by atoms with E-state index in [2.05, 4.69) is 10.3 Å². The number of carbonyl (C=O) groups is 1. The fourth-order valence-electron chi connectivity index (χ4n) is 1.98. The van der Waals surface area contributed by atoms with Crippen LogP contribution in [0.2, 0.25) is 5.02 Å². The molecule has 116 valence electrons. The van der Waals surface area contributed by atoms with Gasteiger partial charge >= 0.3 is 0 Å². The number of nitrogens with one attached hydrogen (secondary N) is 1. The van der Waals surface area contributed by atoms with Gasteiger partial charge in [-0.25, -0.2) is 9.37 Å². The molecule has 0 radical (unpaired) electrons. The molecular weight excluding hydrogens is 337 g/mol. The van der Waals surface area contributed by atoms with Crippen molar-refractivity contribution in [3.05, 3.63) is 69.9 Å². The summed E-state index contributed by atoms with van der Waals surface area (Å²) < 4.78 is 13.9. The highest BCUT2D eigenvalue weighted by molar-refractivity contribution is 7.17. The van der Waals surface area contributed by atoms with Gasteiger partial charge in [0.25, 0.3) is 0 Å². The molecule has 3 aromatic rings. The maximum Gasteiger partial charge on any atom is 0.206 e. The normalized spacial score (nSPS) is 10.5. The van der Waals surface area contributed by atoms with Crippen LogP contribution in [0.15, 0.2) is 48.7 Å². The van der Waals surface area contributed by atoms with E-state index < -0.39 is 5.82 Å². The Hall–Kier alpha value is -2.44. The van der Waals surface area contributed by atoms with Crippen LogP contribution in [0.25, 0.3) is 0 Å². The molecule has 4 nitrogen and oxygen atoms in total. The molecule has 0 spiro atoms. The number of anilines is 3. The number of thiazole rings is 1. The van der Waals surface area contributed by atoms with E-state index in [9.17, 15) is 9.18 Å². The standard InChI is InChI=1S/C16H11ClFN3OS/c17-10-5-2-1-4-9(10)15(22)13-8-20-16(23-13)21-12-7-3-6-11(19)14(12)18/h1-8H,19H2,(H,20,21). The van der Waals surface area contributed by atoms with E-state index in [1.54, 1.807) is 36.4 Å². The number of nitrogens with zero attached hydrogens (tertiary/aromatic N) is 1. The summed E-state index contributed by atoms with van der Waals surface area (Å²) in [6.07, 6.45) is 1.43. The van der Waals surface area contributed by atoms with Crippen LogP contribution in [0, 0.1) is 5.82 Å². The second kappa shape index (κ2) is 6.36. The number of hydrogen-bond donors (Lipinski definition) is 2. The van der Waals surface area contributed by atoms with Crippen molar-refractivity contribution in [2.75, 3.05) is 11.1 Å². The molecule has 0 atom stereocenters. The van der Waals surface area contributed by atoms with Gasteiger partial charge in [-0.3, -0.25) is 4.79 Å². The van der Waals surface area contributed by atoms with Gasteiger partial charge in [-0.05, 0) is 24.3 Å². The monoisotopic (exact) mass is 347 g/mol. The first-order valence-electron chi connectivity index (χ1n) is 6.62. The smallest absolute Gasteiger partial charge is 0.206 e. The Labute approximate surface area is 140 Å². The van der Waals surface area contributed by atoms with Gasteiger partial charge in [-0.2, -0.15) is 0 Å². The molecule has 0 saturated heterocycles. The minimum atomic E-state index is -0.554. The van der Waals surface area contributed by atoms with Crippen LogP contribution in [0.1, 0.15) is 15.2 Å². The number of hydrogen-bond acceptors (Lipinski definition) is 5. The number of rotatable bonds is 4. The van der Waals surface area contributed by atoms with E-state index in [1.807, 2.05) is 0 Å².